The van der Waals surface area contributed by atoms with Gasteiger partial charge in [-0.15, -0.1) is 0 Å². The summed E-state index contributed by atoms with van der Waals surface area (Å²) in [6.45, 7) is 0. The van der Waals surface area contributed by atoms with E-state index >= 15 is 0 Å². The van der Waals surface area contributed by atoms with Gasteiger partial charge in [0.2, 0.25) is 5.91 Å². The molecule has 0 spiro atoms. The Morgan fingerprint density at radius 1 is 0.947 bits per heavy atom. The Bertz CT molecular complexity index is 591. The Morgan fingerprint density at radius 2 is 1.58 bits per heavy atom. The third kappa shape index (κ3) is 3.07. The highest BCUT2D eigenvalue weighted by Gasteiger charge is 2.14. The topological polar surface area (TPSA) is 46.2 Å². The number of carbonyl (C=O) groups excluding carboxylic acids is 2. The number of benzene rings is 2. The Kier molecular flexibility index (Phi) is 4.08. The van der Waals surface area contributed by atoms with Gasteiger partial charge in [-0.05, 0) is 5.56 Å². The van der Waals surface area contributed by atoms with E-state index in [9.17, 15) is 9.59 Å². The van der Waals surface area contributed by atoms with Gasteiger partial charge >= 0.3 is 0 Å². The Hall–Kier alpha value is -2.42. The van der Waals surface area contributed by atoms with Crippen LogP contribution in [-0.4, -0.2) is 18.7 Å². The molecule has 2 aromatic carbocycles. The second-order valence-corrected chi connectivity index (χ2v) is 4.20. The van der Waals surface area contributed by atoms with Crippen molar-refractivity contribution in [3.05, 3.63) is 71.3 Å². The second kappa shape index (κ2) is 5.96. The summed E-state index contributed by atoms with van der Waals surface area (Å²) in [5.74, 6) is -0.159. The lowest BCUT2D eigenvalue weighted by molar-refractivity contribution is -0.119. The molecule has 2 aromatic rings. The molecule has 0 bridgehead atoms. The van der Waals surface area contributed by atoms with Crippen LogP contribution in [0.4, 0.5) is 0 Å². The Labute approximate surface area is 112 Å². The molecule has 0 aromatic heterocycles. The van der Waals surface area contributed by atoms with E-state index in [0.717, 1.165) is 5.56 Å². The lowest BCUT2D eigenvalue weighted by atomic mass is 9.96. The third-order valence-corrected chi connectivity index (χ3v) is 2.93. The molecule has 0 radical (unpaired) electrons. The van der Waals surface area contributed by atoms with E-state index in [4.69, 9.17) is 0 Å². The summed E-state index contributed by atoms with van der Waals surface area (Å²) in [6, 6.07) is 16.3. The molecule has 2 rings (SSSR count). The lowest BCUT2D eigenvalue weighted by Gasteiger charge is -2.08. The molecule has 0 aliphatic rings. The largest absolute Gasteiger partial charge is 0.359 e. The molecule has 0 heterocycles. The van der Waals surface area contributed by atoms with E-state index in [0.29, 0.717) is 11.1 Å². The number of rotatable bonds is 4. The predicted octanol–water partition coefficient (Wildman–Crippen LogP) is 2.21. The minimum absolute atomic E-state index is 0.0555. The first-order valence-electron chi connectivity index (χ1n) is 6.10. The zero-order valence-electron chi connectivity index (χ0n) is 10.7. The summed E-state index contributed by atoms with van der Waals surface area (Å²) < 4.78 is 0. The zero-order valence-corrected chi connectivity index (χ0v) is 10.7. The van der Waals surface area contributed by atoms with E-state index in [1.54, 1.807) is 25.2 Å². The molecular weight excluding hydrogens is 238 g/mol. The maximum absolute atomic E-state index is 12.4. The lowest BCUT2D eigenvalue weighted by Crippen LogP contribution is -2.21. The van der Waals surface area contributed by atoms with Crippen molar-refractivity contribution >= 4 is 11.7 Å². The van der Waals surface area contributed by atoms with Crippen molar-refractivity contribution in [2.75, 3.05) is 7.05 Å². The van der Waals surface area contributed by atoms with Crippen molar-refractivity contribution in [1.29, 1.82) is 0 Å². The van der Waals surface area contributed by atoms with Crippen LogP contribution in [0, 0.1) is 0 Å². The van der Waals surface area contributed by atoms with Crippen LogP contribution < -0.4 is 5.32 Å². The number of likely N-dealkylation sites (N-methyl/N-ethyl adjacent to an activating group) is 1. The van der Waals surface area contributed by atoms with Crippen LogP contribution in [0.2, 0.25) is 0 Å². The predicted molar refractivity (Wildman–Crippen MR) is 74.1 cm³/mol. The minimum Gasteiger partial charge on any atom is -0.359 e. The van der Waals surface area contributed by atoms with Gasteiger partial charge in [0.05, 0.1) is 6.42 Å². The second-order valence-electron chi connectivity index (χ2n) is 4.20. The highest BCUT2D eigenvalue weighted by atomic mass is 16.1. The average Bonchev–Trinajstić information content (AvgIpc) is 2.48. The van der Waals surface area contributed by atoms with E-state index in [-0.39, 0.29) is 18.1 Å². The minimum atomic E-state index is -0.103. The Balaban J connectivity index is 2.35. The van der Waals surface area contributed by atoms with E-state index in [1.165, 1.54) is 0 Å². The molecule has 19 heavy (non-hydrogen) atoms. The van der Waals surface area contributed by atoms with Crippen LogP contribution in [0.25, 0.3) is 0 Å². The van der Waals surface area contributed by atoms with Gasteiger partial charge in [0.15, 0.2) is 5.78 Å². The fraction of sp³-hybridized carbons (Fsp3) is 0.125. The Morgan fingerprint density at radius 3 is 2.26 bits per heavy atom. The quantitative estimate of drug-likeness (QED) is 0.849. The molecule has 3 heteroatoms. The smallest absolute Gasteiger partial charge is 0.224 e. The molecule has 96 valence electrons. The molecule has 3 nitrogen and oxygen atoms in total. The zero-order chi connectivity index (χ0) is 13.7. The van der Waals surface area contributed by atoms with Crippen molar-refractivity contribution in [3.63, 3.8) is 0 Å². The van der Waals surface area contributed by atoms with E-state index < -0.39 is 0 Å². The summed E-state index contributed by atoms with van der Waals surface area (Å²) in [4.78, 5) is 23.9. The summed E-state index contributed by atoms with van der Waals surface area (Å²) in [7, 11) is 1.59. The van der Waals surface area contributed by atoms with Crippen molar-refractivity contribution in [2.45, 2.75) is 6.42 Å². The first-order valence-corrected chi connectivity index (χ1v) is 6.10. The van der Waals surface area contributed by atoms with Gasteiger partial charge in [-0.25, -0.2) is 0 Å². The number of amides is 1. The first-order chi connectivity index (χ1) is 9.22. The van der Waals surface area contributed by atoms with E-state index in [2.05, 4.69) is 5.32 Å². The van der Waals surface area contributed by atoms with Crippen molar-refractivity contribution < 1.29 is 9.59 Å². The molecule has 0 atom stereocenters. The summed E-state index contributed by atoms with van der Waals surface area (Å²) in [5.41, 5.74) is 1.96. The molecule has 0 saturated carbocycles. The normalized spacial score (nSPS) is 9.95. The average molecular weight is 253 g/mol. The maximum atomic E-state index is 12.4. The molecule has 0 aliphatic heterocycles. The summed E-state index contributed by atoms with van der Waals surface area (Å²) >= 11 is 0. The standard InChI is InChI=1S/C16H15NO2/c1-17-15(18)11-13-9-5-6-10-14(13)16(19)12-7-3-2-4-8-12/h2-10H,11H2,1H3,(H,17,18). The SMILES string of the molecule is CNC(=O)Cc1ccccc1C(=O)c1ccccc1. The molecular formula is C16H15NO2. The van der Waals surface area contributed by atoms with Crippen LogP contribution in [0.3, 0.4) is 0 Å². The van der Waals surface area contributed by atoms with Crippen molar-refractivity contribution in [3.8, 4) is 0 Å². The molecule has 1 N–H and O–H groups in total. The van der Waals surface area contributed by atoms with Crippen LogP contribution in [-0.2, 0) is 11.2 Å². The van der Waals surface area contributed by atoms with Gasteiger partial charge in [0.25, 0.3) is 0 Å². The fourth-order valence-corrected chi connectivity index (χ4v) is 1.90. The molecule has 1 amide bonds. The maximum Gasteiger partial charge on any atom is 0.224 e. The van der Waals surface area contributed by atoms with Gasteiger partial charge in [-0.3, -0.25) is 9.59 Å². The van der Waals surface area contributed by atoms with Gasteiger partial charge in [-0.1, -0.05) is 54.6 Å². The van der Waals surface area contributed by atoms with Gasteiger partial charge in [0.1, 0.15) is 0 Å². The van der Waals surface area contributed by atoms with E-state index in [1.807, 2.05) is 36.4 Å². The molecule has 0 fully saturated rings. The number of hydrogen-bond acceptors (Lipinski definition) is 2. The number of nitrogens with one attached hydrogen (secondary N) is 1. The fourth-order valence-electron chi connectivity index (χ4n) is 1.90. The number of hydrogen-bond donors (Lipinski definition) is 1. The van der Waals surface area contributed by atoms with Crippen molar-refractivity contribution in [1.82, 2.24) is 5.32 Å². The summed E-state index contributed by atoms with van der Waals surface area (Å²) in [6.07, 6.45) is 0.214. The highest BCUT2D eigenvalue weighted by Crippen LogP contribution is 2.15. The van der Waals surface area contributed by atoms with Crippen LogP contribution in [0.5, 0.6) is 0 Å². The first kappa shape index (κ1) is 13.0. The van der Waals surface area contributed by atoms with Gasteiger partial charge in [0, 0.05) is 18.2 Å². The highest BCUT2D eigenvalue weighted by molar-refractivity contribution is 6.10. The van der Waals surface area contributed by atoms with Crippen LogP contribution in [0.1, 0.15) is 21.5 Å². The van der Waals surface area contributed by atoms with Gasteiger partial charge in [-0.2, -0.15) is 0 Å². The van der Waals surface area contributed by atoms with Crippen LogP contribution >= 0.6 is 0 Å². The molecule has 0 saturated heterocycles. The molecule has 0 aliphatic carbocycles. The third-order valence-electron chi connectivity index (χ3n) is 2.93. The molecule has 0 unspecified atom stereocenters. The van der Waals surface area contributed by atoms with Crippen LogP contribution in [0.15, 0.2) is 54.6 Å². The summed E-state index contributed by atoms with van der Waals surface area (Å²) in [5, 5.41) is 2.57. The van der Waals surface area contributed by atoms with Crippen molar-refractivity contribution in [2.24, 2.45) is 0 Å². The van der Waals surface area contributed by atoms with Gasteiger partial charge < -0.3 is 5.32 Å². The number of ketones is 1. The number of carbonyl (C=O) groups is 2. The monoisotopic (exact) mass is 253 g/mol.